The lowest BCUT2D eigenvalue weighted by Crippen LogP contribution is -2.08. The molecule has 0 bridgehead atoms. The number of nitrogens with zero attached hydrogens (tertiary/aromatic N) is 3. The third-order valence-electron chi connectivity index (χ3n) is 2.09. The van der Waals surface area contributed by atoms with E-state index in [0.717, 1.165) is 31.7 Å². The molecule has 1 N–H and O–H groups in total. The zero-order valence-corrected chi connectivity index (χ0v) is 12.6. The van der Waals surface area contributed by atoms with E-state index in [2.05, 4.69) is 20.3 Å². The van der Waals surface area contributed by atoms with Gasteiger partial charge in [0.25, 0.3) is 0 Å². The van der Waals surface area contributed by atoms with E-state index < -0.39 is 0 Å². The predicted molar refractivity (Wildman–Crippen MR) is 77.0 cm³/mol. The second-order valence-corrected chi connectivity index (χ2v) is 4.86. The van der Waals surface area contributed by atoms with E-state index in [0.29, 0.717) is 23.7 Å². The molecule has 7 heteroatoms. The van der Waals surface area contributed by atoms with Crippen LogP contribution in [0.2, 0.25) is 0 Å². The van der Waals surface area contributed by atoms with Crippen molar-refractivity contribution in [3.63, 3.8) is 0 Å². The summed E-state index contributed by atoms with van der Waals surface area (Å²) in [6, 6.07) is 0.391. The summed E-state index contributed by atoms with van der Waals surface area (Å²) in [6.07, 6.45) is 1.90. The van der Waals surface area contributed by atoms with Crippen molar-refractivity contribution in [2.75, 3.05) is 37.9 Å². The van der Waals surface area contributed by atoms with Crippen LogP contribution < -0.4 is 10.1 Å². The first kappa shape index (κ1) is 16.0. The van der Waals surface area contributed by atoms with Gasteiger partial charge in [0.15, 0.2) is 5.16 Å². The molecule has 1 aromatic heterocycles. The summed E-state index contributed by atoms with van der Waals surface area (Å²) in [6.45, 7) is 6.18. The van der Waals surface area contributed by atoms with E-state index in [9.17, 15) is 0 Å². The predicted octanol–water partition coefficient (Wildman–Crippen LogP) is 2.22. The van der Waals surface area contributed by atoms with Gasteiger partial charge < -0.3 is 14.8 Å². The Morgan fingerprint density at radius 2 is 2.00 bits per heavy atom. The van der Waals surface area contributed by atoms with Crippen LogP contribution in [0, 0.1) is 0 Å². The second-order valence-electron chi connectivity index (χ2n) is 3.80. The standard InChI is InChI=1S/C12H22N4O2S/c1-4-7-18-11-14-10(13-5-2)15-12(16-11)19-9-6-8-17-3/h4-9H2,1-3H3,(H,13,14,15,16). The van der Waals surface area contributed by atoms with Crippen LogP contribution in [0.3, 0.4) is 0 Å². The molecule has 0 spiro atoms. The average molecular weight is 286 g/mol. The van der Waals surface area contributed by atoms with Gasteiger partial charge >= 0.3 is 6.01 Å². The van der Waals surface area contributed by atoms with Crippen molar-refractivity contribution >= 4 is 17.7 Å². The lowest BCUT2D eigenvalue weighted by atomic mass is 10.5. The zero-order valence-electron chi connectivity index (χ0n) is 11.8. The molecule has 1 heterocycles. The molecule has 0 aliphatic carbocycles. The quantitative estimate of drug-likeness (QED) is 0.522. The van der Waals surface area contributed by atoms with Crippen molar-refractivity contribution < 1.29 is 9.47 Å². The molecule has 0 amide bonds. The smallest absolute Gasteiger partial charge is 0.322 e. The van der Waals surface area contributed by atoms with Gasteiger partial charge in [-0.15, -0.1) is 0 Å². The Balaban J connectivity index is 2.63. The summed E-state index contributed by atoms with van der Waals surface area (Å²) in [4.78, 5) is 12.8. The summed E-state index contributed by atoms with van der Waals surface area (Å²) in [7, 11) is 1.70. The number of anilines is 1. The molecule has 1 aromatic rings. The molecule has 19 heavy (non-hydrogen) atoms. The number of aromatic nitrogens is 3. The first-order valence-corrected chi connectivity index (χ1v) is 7.53. The third kappa shape index (κ3) is 6.58. The molecule has 0 aliphatic rings. The molecule has 1 rings (SSSR count). The van der Waals surface area contributed by atoms with E-state index in [1.807, 2.05) is 13.8 Å². The van der Waals surface area contributed by atoms with Crippen LogP contribution in [0.25, 0.3) is 0 Å². The highest BCUT2D eigenvalue weighted by molar-refractivity contribution is 7.99. The molecular weight excluding hydrogens is 264 g/mol. The Kier molecular flexibility index (Phi) is 8.24. The molecule has 0 radical (unpaired) electrons. The highest BCUT2D eigenvalue weighted by Crippen LogP contribution is 2.18. The molecule has 0 saturated carbocycles. The second kappa shape index (κ2) is 9.80. The first-order valence-electron chi connectivity index (χ1n) is 6.54. The lowest BCUT2D eigenvalue weighted by Gasteiger charge is -2.08. The van der Waals surface area contributed by atoms with E-state index in [1.54, 1.807) is 18.9 Å². The number of hydrogen-bond acceptors (Lipinski definition) is 7. The van der Waals surface area contributed by atoms with Crippen LogP contribution in [-0.4, -0.2) is 47.6 Å². The molecule has 108 valence electrons. The maximum absolute atomic E-state index is 5.47. The molecule has 0 atom stereocenters. The highest BCUT2D eigenvalue weighted by atomic mass is 32.2. The van der Waals surface area contributed by atoms with Gasteiger partial charge in [-0.05, 0) is 19.8 Å². The average Bonchev–Trinajstić information content (AvgIpc) is 2.42. The summed E-state index contributed by atoms with van der Waals surface area (Å²) < 4.78 is 10.5. The normalized spacial score (nSPS) is 10.5. The van der Waals surface area contributed by atoms with Gasteiger partial charge in [0.1, 0.15) is 0 Å². The molecule has 6 nitrogen and oxygen atoms in total. The van der Waals surface area contributed by atoms with Crippen LogP contribution in [0.1, 0.15) is 26.7 Å². The van der Waals surface area contributed by atoms with Crippen LogP contribution >= 0.6 is 11.8 Å². The topological polar surface area (TPSA) is 69.2 Å². The minimum absolute atomic E-state index is 0.391. The molecular formula is C12H22N4O2S. The maximum atomic E-state index is 5.47. The van der Waals surface area contributed by atoms with Crippen LogP contribution in [-0.2, 0) is 4.74 Å². The molecule has 0 aliphatic heterocycles. The van der Waals surface area contributed by atoms with Crippen molar-refractivity contribution in [3.05, 3.63) is 0 Å². The van der Waals surface area contributed by atoms with Gasteiger partial charge in [0.05, 0.1) is 6.61 Å². The Morgan fingerprint density at radius 3 is 2.68 bits per heavy atom. The minimum Gasteiger partial charge on any atom is -0.463 e. The third-order valence-corrected chi connectivity index (χ3v) is 3.02. The van der Waals surface area contributed by atoms with Crippen molar-refractivity contribution in [1.82, 2.24) is 15.0 Å². The monoisotopic (exact) mass is 286 g/mol. The largest absolute Gasteiger partial charge is 0.463 e. The maximum Gasteiger partial charge on any atom is 0.322 e. The number of ether oxygens (including phenoxy) is 2. The zero-order chi connectivity index (χ0) is 13.9. The van der Waals surface area contributed by atoms with Crippen molar-refractivity contribution in [1.29, 1.82) is 0 Å². The van der Waals surface area contributed by atoms with Gasteiger partial charge in [-0.2, -0.15) is 15.0 Å². The number of thioether (sulfide) groups is 1. The van der Waals surface area contributed by atoms with Gasteiger partial charge in [0, 0.05) is 26.0 Å². The molecule has 0 saturated heterocycles. The molecule has 0 unspecified atom stereocenters. The highest BCUT2D eigenvalue weighted by Gasteiger charge is 2.07. The summed E-state index contributed by atoms with van der Waals surface area (Å²) in [5.74, 6) is 1.48. The minimum atomic E-state index is 0.391. The fourth-order valence-corrected chi connectivity index (χ4v) is 2.00. The Labute approximate surface area is 118 Å². The molecule has 0 fully saturated rings. The number of nitrogens with one attached hydrogen (secondary N) is 1. The number of rotatable bonds is 10. The van der Waals surface area contributed by atoms with E-state index in [-0.39, 0.29) is 0 Å². The van der Waals surface area contributed by atoms with Gasteiger partial charge in [-0.1, -0.05) is 18.7 Å². The number of hydrogen-bond donors (Lipinski definition) is 1. The van der Waals surface area contributed by atoms with Gasteiger partial charge in [-0.3, -0.25) is 0 Å². The van der Waals surface area contributed by atoms with Crippen LogP contribution in [0.15, 0.2) is 5.16 Å². The SMILES string of the molecule is CCCOc1nc(NCC)nc(SCCCOC)n1. The van der Waals surface area contributed by atoms with E-state index >= 15 is 0 Å². The summed E-state index contributed by atoms with van der Waals surface area (Å²) in [5.41, 5.74) is 0. The van der Waals surface area contributed by atoms with Crippen molar-refractivity contribution in [2.45, 2.75) is 31.8 Å². The lowest BCUT2D eigenvalue weighted by molar-refractivity contribution is 0.200. The fourth-order valence-electron chi connectivity index (χ4n) is 1.26. The van der Waals surface area contributed by atoms with Gasteiger partial charge in [0.2, 0.25) is 5.95 Å². The Hall–Kier alpha value is -1.08. The number of methoxy groups -OCH3 is 1. The first-order chi connectivity index (χ1) is 9.30. The van der Waals surface area contributed by atoms with Gasteiger partial charge in [-0.25, -0.2) is 0 Å². The fraction of sp³-hybridized carbons (Fsp3) is 0.750. The summed E-state index contributed by atoms with van der Waals surface area (Å²) in [5, 5.41) is 3.77. The molecule has 0 aromatic carbocycles. The van der Waals surface area contributed by atoms with Crippen molar-refractivity contribution in [2.24, 2.45) is 0 Å². The van der Waals surface area contributed by atoms with Crippen molar-refractivity contribution in [3.8, 4) is 6.01 Å². The Morgan fingerprint density at radius 1 is 1.16 bits per heavy atom. The van der Waals surface area contributed by atoms with Crippen LogP contribution in [0.4, 0.5) is 5.95 Å². The van der Waals surface area contributed by atoms with E-state index in [4.69, 9.17) is 9.47 Å². The van der Waals surface area contributed by atoms with Crippen LogP contribution in [0.5, 0.6) is 6.01 Å². The van der Waals surface area contributed by atoms with E-state index in [1.165, 1.54) is 0 Å². The Bertz CT molecular complexity index is 366. The summed E-state index contributed by atoms with van der Waals surface area (Å²) >= 11 is 1.59.